The molecule has 1 aliphatic rings. The topological polar surface area (TPSA) is 50.1 Å². The number of rotatable bonds is 7. The van der Waals surface area contributed by atoms with Crippen molar-refractivity contribution in [1.82, 2.24) is 25.1 Å². The van der Waals surface area contributed by atoms with Crippen molar-refractivity contribution in [2.75, 3.05) is 31.1 Å². The van der Waals surface area contributed by atoms with Crippen LogP contribution in [0.2, 0.25) is 0 Å². The molecule has 1 atom stereocenters. The molecule has 2 aromatic carbocycles. The fourth-order valence-corrected chi connectivity index (χ4v) is 4.42. The lowest BCUT2D eigenvalue weighted by atomic mass is 10.1. The molecule has 158 valence electrons. The molecule has 0 spiro atoms. The maximum atomic E-state index is 4.46. The van der Waals surface area contributed by atoms with E-state index < -0.39 is 0 Å². The number of piperazine rings is 1. The summed E-state index contributed by atoms with van der Waals surface area (Å²) in [5.74, 6) is 0.987. The molecule has 0 unspecified atom stereocenters. The molecule has 0 aliphatic carbocycles. The standard InChI is InChI=1S/C24H32N6/c1-4-9-23(24-25-26-27-30(24)18-21-11-6-5-7-12-21)29-16-14-28(15-17-29)22-13-8-10-19(2)20(22)3/h5-8,10-13,23H,4,9,14-18H2,1-3H3/t23-/m0/s1. The molecule has 6 nitrogen and oxygen atoms in total. The highest BCUT2D eigenvalue weighted by Gasteiger charge is 2.29. The molecule has 6 heteroatoms. The Labute approximate surface area is 179 Å². The summed E-state index contributed by atoms with van der Waals surface area (Å²) in [5, 5.41) is 12.8. The summed E-state index contributed by atoms with van der Waals surface area (Å²) < 4.78 is 1.98. The summed E-state index contributed by atoms with van der Waals surface area (Å²) >= 11 is 0. The van der Waals surface area contributed by atoms with Gasteiger partial charge in [-0.05, 0) is 53.5 Å². The second kappa shape index (κ2) is 9.39. The lowest BCUT2D eigenvalue weighted by Gasteiger charge is -2.40. The molecule has 0 saturated carbocycles. The van der Waals surface area contributed by atoms with Gasteiger partial charge in [0.2, 0.25) is 0 Å². The van der Waals surface area contributed by atoms with E-state index in [2.05, 4.69) is 88.6 Å². The van der Waals surface area contributed by atoms with Gasteiger partial charge in [0.25, 0.3) is 0 Å². The highest BCUT2D eigenvalue weighted by molar-refractivity contribution is 5.56. The van der Waals surface area contributed by atoms with Gasteiger partial charge in [-0.3, -0.25) is 4.90 Å². The SMILES string of the molecule is CCC[C@@H](c1nnnn1Cc1ccccc1)N1CCN(c2cccc(C)c2C)CC1. The summed E-state index contributed by atoms with van der Waals surface area (Å²) in [6.45, 7) is 11.5. The zero-order chi connectivity index (χ0) is 20.9. The Morgan fingerprint density at radius 2 is 1.70 bits per heavy atom. The number of benzene rings is 2. The molecular weight excluding hydrogens is 372 g/mol. The predicted octanol–water partition coefficient (Wildman–Crippen LogP) is 4.00. The Bertz CT molecular complexity index is 943. The second-order valence-electron chi connectivity index (χ2n) is 8.23. The Hall–Kier alpha value is -2.73. The molecule has 0 amide bonds. The van der Waals surface area contributed by atoms with E-state index in [4.69, 9.17) is 0 Å². The van der Waals surface area contributed by atoms with Gasteiger partial charge in [-0.15, -0.1) is 5.10 Å². The van der Waals surface area contributed by atoms with E-state index in [1.165, 1.54) is 22.4 Å². The quantitative estimate of drug-likeness (QED) is 0.596. The number of aryl methyl sites for hydroxylation is 1. The Balaban J connectivity index is 1.49. The molecule has 3 aromatic rings. The minimum Gasteiger partial charge on any atom is -0.369 e. The number of nitrogens with zero attached hydrogens (tertiary/aromatic N) is 6. The first kappa shape index (κ1) is 20.5. The first-order valence-electron chi connectivity index (χ1n) is 11.0. The van der Waals surface area contributed by atoms with E-state index in [9.17, 15) is 0 Å². The summed E-state index contributed by atoms with van der Waals surface area (Å²) in [5.41, 5.74) is 5.35. The van der Waals surface area contributed by atoms with Crippen LogP contribution < -0.4 is 4.90 Å². The lowest BCUT2D eigenvalue weighted by Crippen LogP contribution is -2.48. The number of anilines is 1. The average molecular weight is 405 g/mol. The molecule has 4 rings (SSSR count). The third-order valence-corrected chi connectivity index (χ3v) is 6.27. The Morgan fingerprint density at radius 3 is 2.43 bits per heavy atom. The van der Waals surface area contributed by atoms with Crippen molar-refractivity contribution in [3.8, 4) is 0 Å². The number of aromatic nitrogens is 4. The molecular formula is C24H32N6. The molecule has 2 heterocycles. The third kappa shape index (κ3) is 4.38. The summed E-state index contributed by atoms with van der Waals surface area (Å²) in [6, 6.07) is 17.3. The lowest BCUT2D eigenvalue weighted by molar-refractivity contribution is 0.164. The number of tetrazole rings is 1. The normalized spacial score (nSPS) is 16.0. The van der Waals surface area contributed by atoms with Gasteiger partial charge in [-0.1, -0.05) is 55.8 Å². The Morgan fingerprint density at radius 1 is 0.933 bits per heavy atom. The van der Waals surface area contributed by atoms with Crippen LogP contribution in [-0.2, 0) is 6.54 Å². The van der Waals surface area contributed by atoms with Crippen molar-refractivity contribution < 1.29 is 0 Å². The summed E-state index contributed by atoms with van der Waals surface area (Å²) in [4.78, 5) is 5.09. The van der Waals surface area contributed by atoms with Crippen molar-refractivity contribution in [2.45, 2.75) is 46.2 Å². The zero-order valence-electron chi connectivity index (χ0n) is 18.3. The summed E-state index contributed by atoms with van der Waals surface area (Å²) in [6.07, 6.45) is 2.18. The van der Waals surface area contributed by atoms with Crippen molar-refractivity contribution in [2.24, 2.45) is 0 Å². The van der Waals surface area contributed by atoms with Gasteiger partial charge in [0.05, 0.1) is 12.6 Å². The maximum absolute atomic E-state index is 4.46. The van der Waals surface area contributed by atoms with Crippen molar-refractivity contribution in [3.63, 3.8) is 0 Å². The predicted molar refractivity (Wildman–Crippen MR) is 121 cm³/mol. The second-order valence-corrected chi connectivity index (χ2v) is 8.23. The van der Waals surface area contributed by atoms with Gasteiger partial charge in [0.1, 0.15) is 0 Å². The van der Waals surface area contributed by atoms with Crippen LogP contribution in [0.15, 0.2) is 48.5 Å². The molecule has 30 heavy (non-hydrogen) atoms. The van der Waals surface area contributed by atoms with Gasteiger partial charge < -0.3 is 4.90 Å². The van der Waals surface area contributed by atoms with E-state index in [-0.39, 0.29) is 6.04 Å². The van der Waals surface area contributed by atoms with E-state index in [0.717, 1.165) is 44.8 Å². The van der Waals surface area contributed by atoms with E-state index >= 15 is 0 Å². The number of hydrogen-bond donors (Lipinski definition) is 0. The molecule has 0 radical (unpaired) electrons. The van der Waals surface area contributed by atoms with E-state index in [1.54, 1.807) is 0 Å². The first-order valence-corrected chi connectivity index (χ1v) is 11.0. The summed E-state index contributed by atoms with van der Waals surface area (Å²) in [7, 11) is 0. The fraction of sp³-hybridized carbons (Fsp3) is 0.458. The van der Waals surface area contributed by atoms with Crippen LogP contribution in [0.25, 0.3) is 0 Å². The molecule has 1 aliphatic heterocycles. The number of hydrogen-bond acceptors (Lipinski definition) is 5. The molecule has 0 N–H and O–H groups in total. The zero-order valence-corrected chi connectivity index (χ0v) is 18.3. The maximum Gasteiger partial charge on any atom is 0.168 e. The van der Waals surface area contributed by atoms with Gasteiger partial charge in [0.15, 0.2) is 5.82 Å². The van der Waals surface area contributed by atoms with Gasteiger partial charge in [-0.25, -0.2) is 4.68 Å². The average Bonchev–Trinajstić information content (AvgIpc) is 3.22. The third-order valence-electron chi connectivity index (χ3n) is 6.27. The van der Waals surface area contributed by atoms with Crippen LogP contribution >= 0.6 is 0 Å². The van der Waals surface area contributed by atoms with Gasteiger partial charge in [-0.2, -0.15) is 0 Å². The van der Waals surface area contributed by atoms with Crippen LogP contribution in [-0.4, -0.2) is 51.3 Å². The Kier molecular flexibility index (Phi) is 6.43. The van der Waals surface area contributed by atoms with Crippen LogP contribution in [0, 0.1) is 13.8 Å². The first-order chi connectivity index (χ1) is 14.7. The van der Waals surface area contributed by atoms with Crippen LogP contribution in [0.1, 0.15) is 48.3 Å². The smallest absolute Gasteiger partial charge is 0.168 e. The van der Waals surface area contributed by atoms with Crippen LogP contribution in [0.5, 0.6) is 0 Å². The van der Waals surface area contributed by atoms with Gasteiger partial charge in [0, 0.05) is 31.9 Å². The van der Waals surface area contributed by atoms with Crippen molar-refractivity contribution in [3.05, 3.63) is 71.0 Å². The van der Waals surface area contributed by atoms with Crippen LogP contribution in [0.3, 0.4) is 0 Å². The molecule has 1 saturated heterocycles. The molecule has 1 aromatic heterocycles. The van der Waals surface area contributed by atoms with Gasteiger partial charge >= 0.3 is 0 Å². The van der Waals surface area contributed by atoms with Crippen molar-refractivity contribution >= 4 is 5.69 Å². The monoisotopic (exact) mass is 404 g/mol. The minimum absolute atomic E-state index is 0.259. The highest BCUT2D eigenvalue weighted by Crippen LogP contribution is 2.28. The highest BCUT2D eigenvalue weighted by atomic mass is 15.6. The largest absolute Gasteiger partial charge is 0.369 e. The molecule has 0 bridgehead atoms. The molecule has 1 fully saturated rings. The van der Waals surface area contributed by atoms with E-state index in [0.29, 0.717) is 6.54 Å². The fourth-order valence-electron chi connectivity index (χ4n) is 4.42. The minimum atomic E-state index is 0.259. The van der Waals surface area contributed by atoms with Crippen molar-refractivity contribution in [1.29, 1.82) is 0 Å². The van der Waals surface area contributed by atoms with E-state index in [1.807, 2.05) is 10.7 Å². The van der Waals surface area contributed by atoms with Crippen LogP contribution in [0.4, 0.5) is 5.69 Å².